The van der Waals surface area contributed by atoms with E-state index in [1.807, 2.05) is 7.96 Å². The fourth-order valence-electron chi connectivity index (χ4n) is 0.366. The molecule has 0 aromatic rings. The Balaban J connectivity index is 5.22. The maximum atomic E-state index is 8.44. The van der Waals surface area contributed by atoms with Crippen molar-refractivity contribution in [1.82, 2.24) is 9.06 Å². The van der Waals surface area contributed by atoms with E-state index in [1.165, 1.54) is 0 Å². The topological polar surface area (TPSA) is 36.8 Å². The van der Waals surface area contributed by atoms with Crippen molar-refractivity contribution in [3.63, 3.8) is 0 Å². The molecule has 0 aliphatic heterocycles. The molecule has 0 aromatic carbocycles. The first-order valence-electron chi connectivity index (χ1n) is 4.76. The SMILES string of the molecule is [3H]N=IP(N(P)[I-][3H])N(PN(P)[I-][3H])I([3H])N(P)[I-][3H]. The molecule has 1 N–H and O–H groups in total. The van der Waals surface area contributed by atoms with Crippen molar-refractivity contribution < 1.29 is 69.4 Å². The van der Waals surface area contributed by atoms with Crippen LogP contribution in [-0.2, 0) is 0 Å². The van der Waals surface area contributed by atoms with Crippen molar-refractivity contribution in [3.05, 3.63) is 0 Å². The molecule has 0 heterocycles. The Morgan fingerprint density at radius 2 is 2.33 bits per heavy atom. The van der Waals surface area contributed by atoms with Gasteiger partial charge in [-0.15, -0.1) is 0 Å². The van der Waals surface area contributed by atoms with E-state index in [1.54, 1.807) is 1.10 Å². The van der Waals surface area contributed by atoms with Gasteiger partial charge in [-0.2, -0.15) is 0 Å². The molecule has 0 saturated heterocycles. The van der Waals surface area contributed by atoms with E-state index < -0.39 is 116 Å². The molecule has 0 saturated carbocycles. The molecule has 5 unspecified atom stereocenters. The second-order valence-electron chi connectivity index (χ2n) is 1.61. The molecule has 0 amide bonds. The van der Waals surface area contributed by atoms with Crippen LogP contribution < -0.4 is 68.0 Å². The Bertz CT molecular complexity index is 293. The minimum atomic E-state index is -2.41. The van der Waals surface area contributed by atoms with E-state index in [-0.39, 0.29) is 8.88 Å². The molecule has 5 atom stereocenters. The van der Waals surface area contributed by atoms with Gasteiger partial charge in [-0.25, -0.2) is 0 Å². The predicted molar refractivity (Wildman–Crippen MR) is 88.1 cm³/mol. The Morgan fingerprint density at radius 1 is 1.53 bits per heavy atom. The molecule has 100 valence electrons. The van der Waals surface area contributed by atoms with Gasteiger partial charge < -0.3 is 0 Å². The first kappa shape index (κ1) is 12.9. The Morgan fingerprint density at radius 3 is 2.87 bits per heavy atom. The number of rotatable bonds is 10. The number of hydrogen-bond donors (Lipinski definition) is 1. The Hall–Kier alpha value is 5.44. The van der Waals surface area contributed by atoms with Crippen LogP contribution in [0, 0.1) is 3.55 Å². The van der Waals surface area contributed by atoms with Crippen molar-refractivity contribution in [2.45, 2.75) is 0 Å². The third kappa shape index (κ3) is 10.8. The summed E-state index contributed by atoms with van der Waals surface area (Å²) in [6.45, 7) is 0. The standard InChI is InChI=1S/H12I5N5P5/c1-7(11)5-10(14-8(2)12)15(4-6)9(3)13/h1-3,5-6,14H,11-13H2/q-3/i1T,2T,3T,5T/hT. The molecule has 15 heavy (non-hydrogen) atoms. The van der Waals surface area contributed by atoms with Gasteiger partial charge in [0.25, 0.3) is 0 Å². The summed E-state index contributed by atoms with van der Waals surface area (Å²) >= 11 is -5.80. The van der Waals surface area contributed by atoms with Crippen LogP contribution in [0.4, 0.5) is 0 Å². The fourth-order valence-corrected chi connectivity index (χ4v) is 25.0. The van der Waals surface area contributed by atoms with Crippen LogP contribution in [0.5, 0.6) is 0 Å². The molecular formula is H12I5N5P5-3. The van der Waals surface area contributed by atoms with Gasteiger partial charge in [-0.3, -0.25) is 0 Å². The summed E-state index contributed by atoms with van der Waals surface area (Å²) in [5.41, 5.74) is 0. The predicted octanol–water partition coefficient (Wildman–Crippen LogP) is -6.83. The summed E-state index contributed by atoms with van der Waals surface area (Å²) in [5, 5.41) is 0. The Labute approximate surface area is 166 Å². The zero-order valence-electron chi connectivity index (χ0n) is 11.8. The van der Waals surface area contributed by atoms with Gasteiger partial charge >= 0.3 is 169 Å². The second-order valence-corrected chi connectivity index (χ2v) is 25.9. The molecule has 0 rings (SSSR count). The molecule has 5 nitrogen and oxygen atoms in total. The summed E-state index contributed by atoms with van der Waals surface area (Å²) < 4.78 is 49.4. The quantitative estimate of drug-likeness (QED) is 0.135. The van der Waals surface area contributed by atoms with Gasteiger partial charge in [0, 0.05) is 0 Å². The Kier molecular flexibility index (Phi) is 10.4. The van der Waals surface area contributed by atoms with E-state index in [0.717, 1.165) is 0 Å². The maximum absolute atomic E-state index is 8.44. The van der Waals surface area contributed by atoms with Crippen LogP contribution in [0.25, 0.3) is 0 Å². The summed E-state index contributed by atoms with van der Waals surface area (Å²) in [5.74, 6) is -0.901. The summed E-state index contributed by atoms with van der Waals surface area (Å²) in [7, 11) is 7.76. The van der Waals surface area contributed by atoms with E-state index in [4.69, 9.17) is 3.79 Å². The molecule has 0 aromatic heterocycles. The second kappa shape index (κ2) is 12.0. The first-order valence-corrected chi connectivity index (χ1v) is 15.1. The number of hydrogen-bond acceptors (Lipinski definition) is 5. The zero-order chi connectivity index (χ0) is 15.7. The van der Waals surface area contributed by atoms with Crippen molar-refractivity contribution in [3.8, 4) is 0 Å². The van der Waals surface area contributed by atoms with Crippen LogP contribution in [-0.4, -0.2) is 11.4 Å². The molecule has 0 fully saturated rings. The molecule has 0 spiro atoms. The average molecular weight is 882 g/mol. The van der Waals surface area contributed by atoms with Crippen molar-refractivity contribution in [2.75, 3.05) is 0 Å². The average Bonchev–Trinajstić information content (AvgIpc) is 2.47. The van der Waals surface area contributed by atoms with E-state index in [0.29, 0.717) is 0 Å². The van der Waals surface area contributed by atoms with Crippen molar-refractivity contribution in [1.29, 1.82) is 5.93 Å². The van der Waals surface area contributed by atoms with Gasteiger partial charge in [0.15, 0.2) is 0 Å². The van der Waals surface area contributed by atoms with Gasteiger partial charge in [0.1, 0.15) is 0 Å². The van der Waals surface area contributed by atoms with E-state index >= 15 is 0 Å². The van der Waals surface area contributed by atoms with Gasteiger partial charge in [-0.1, -0.05) is 0 Å². The van der Waals surface area contributed by atoms with E-state index in [2.05, 4.69) is 31.7 Å². The van der Waals surface area contributed by atoms with Crippen LogP contribution in [0.15, 0.2) is 0 Å². The van der Waals surface area contributed by atoms with Crippen molar-refractivity contribution >= 4 is 85.0 Å². The number of halogens is 5. The van der Waals surface area contributed by atoms with Crippen LogP contribution in [0.1, 0.15) is 0 Å². The molecule has 0 bridgehead atoms. The third-order valence-electron chi connectivity index (χ3n) is 0.692. The molecular weight excluding hydrogens is 859 g/mol. The molecule has 0 aliphatic rings. The summed E-state index contributed by atoms with van der Waals surface area (Å²) in [6.07, 6.45) is 0. The van der Waals surface area contributed by atoms with E-state index in [9.17, 15) is 0 Å². The molecule has 15 heteroatoms. The van der Waals surface area contributed by atoms with Crippen LogP contribution in [0.2, 0.25) is 1.41 Å². The normalized spacial score (nSPS) is 22.6. The van der Waals surface area contributed by atoms with Gasteiger partial charge in [0.05, 0.1) is 0 Å². The molecule has 0 radical (unpaired) electrons. The van der Waals surface area contributed by atoms with Gasteiger partial charge in [-0.05, 0) is 0 Å². The monoisotopic (exact) mass is 882 g/mol. The van der Waals surface area contributed by atoms with Gasteiger partial charge in [0.2, 0.25) is 0 Å². The molecule has 0 aliphatic carbocycles. The third-order valence-corrected chi connectivity index (χ3v) is 22.3. The first-order chi connectivity index (χ1) is 9.42. The zero-order valence-corrected chi connectivity index (χ0v) is 23.0. The number of nitrogens with zero attached hydrogens (tertiary/aromatic N) is 4. The van der Waals surface area contributed by atoms with Crippen LogP contribution >= 0.6 is 85.0 Å². The summed E-state index contributed by atoms with van der Waals surface area (Å²) in [4.78, 5) is 0. The van der Waals surface area contributed by atoms with Crippen molar-refractivity contribution in [2.24, 2.45) is 0 Å². The summed E-state index contributed by atoms with van der Waals surface area (Å²) in [6, 6.07) is 0. The fraction of sp³-hybridized carbons (Fsp3) is 0. The minimum absolute atomic E-state index is 0.204. The number of nitrogens with one attached hydrogen (secondary N) is 1. The van der Waals surface area contributed by atoms with Crippen LogP contribution in [0.3, 0.4) is 0 Å².